The van der Waals surface area contributed by atoms with Gasteiger partial charge in [-0.05, 0) is 18.2 Å². The third kappa shape index (κ3) is 2.61. The van der Waals surface area contributed by atoms with E-state index in [2.05, 4.69) is 10.3 Å². The summed E-state index contributed by atoms with van der Waals surface area (Å²) in [6.45, 7) is 1.66. The molecule has 0 radical (unpaired) electrons. The summed E-state index contributed by atoms with van der Waals surface area (Å²) in [7, 11) is 0. The maximum atomic E-state index is 11.7. The number of pyridine rings is 1. The lowest BCUT2D eigenvalue weighted by molar-refractivity contribution is -0.120. The molecular weight excluding hydrogens is 314 g/mol. The van der Waals surface area contributed by atoms with E-state index >= 15 is 0 Å². The first-order valence-electron chi connectivity index (χ1n) is 7.31. The number of amides is 1. The first-order valence-corrected chi connectivity index (χ1v) is 7.69. The van der Waals surface area contributed by atoms with Crippen LogP contribution in [0, 0.1) is 0 Å². The van der Waals surface area contributed by atoms with Gasteiger partial charge in [-0.1, -0.05) is 11.6 Å². The van der Waals surface area contributed by atoms with E-state index in [1.807, 2.05) is 39.9 Å². The minimum Gasteiger partial charge on any atom is -0.353 e. The largest absolute Gasteiger partial charge is 0.353 e. The monoisotopic (exact) mass is 327 g/mol. The number of piperazine rings is 1. The molecule has 4 rings (SSSR count). The van der Waals surface area contributed by atoms with Gasteiger partial charge in [0.05, 0.1) is 24.1 Å². The van der Waals surface area contributed by atoms with E-state index in [1.54, 1.807) is 12.5 Å². The Morgan fingerprint density at radius 1 is 1.26 bits per heavy atom. The number of anilines is 1. The Morgan fingerprint density at radius 3 is 2.96 bits per heavy atom. The third-order valence-electron chi connectivity index (χ3n) is 3.88. The van der Waals surface area contributed by atoms with Crippen molar-refractivity contribution in [1.29, 1.82) is 0 Å². The molecule has 0 atom stereocenters. The molecular formula is C16H14ClN5O. The smallest absolute Gasteiger partial charge is 0.239 e. The van der Waals surface area contributed by atoms with Crippen molar-refractivity contribution in [3.63, 3.8) is 0 Å². The molecule has 0 unspecified atom stereocenters. The van der Waals surface area contributed by atoms with Crippen molar-refractivity contribution < 1.29 is 4.79 Å². The standard InChI is InChI=1S/C16H14ClN5O/c17-11-1-2-12-13(7-11)20-15(21-6-4-19-16(23)9-21)8-14(12)22-5-3-18-10-22/h1-3,5,7-8,10H,4,6,9H2,(H,19,23). The molecule has 116 valence electrons. The molecule has 0 bridgehead atoms. The van der Waals surface area contributed by atoms with Crippen molar-refractivity contribution in [3.05, 3.63) is 48.0 Å². The zero-order valence-electron chi connectivity index (χ0n) is 12.2. The molecule has 1 amide bonds. The number of nitrogens with zero attached hydrogens (tertiary/aromatic N) is 4. The van der Waals surface area contributed by atoms with Crippen molar-refractivity contribution in [2.75, 3.05) is 24.5 Å². The van der Waals surface area contributed by atoms with Gasteiger partial charge in [0.15, 0.2) is 0 Å². The summed E-state index contributed by atoms with van der Waals surface area (Å²) in [5.74, 6) is 0.770. The van der Waals surface area contributed by atoms with Crippen molar-refractivity contribution >= 4 is 34.2 Å². The van der Waals surface area contributed by atoms with Gasteiger partial charge in [0.2, 0.25) is 5.91 Å². The van der Waals surface area contributed by atoms with Gasteiger partial charge in [0.1, 0.15) is 5.82 Å². The van der Waals surface area contributed by atoms with E-state index in [0.29, 0.717) is 18.1 Å². The molecule has 1 aromatic carbocycles. The first-order chi connectivity index (χ1) is 11.2. The summed E-state index contributed by atoms with van der Waals surface area (Å²) < 4.78 is 1.94. The van der Waals surface area contributed by atoms with Crippen LogP contribution >= 0.6 is 11.6 Å². The summed E-state index contributed by atoms with van der Waals surface area (Å²) in [6, 6.07) is 7.62. The van der Waals surface area contributed by atoms with Gasteiger partial charge in [-0.3, -0.25) is 4.79 Å². The van der Waals surface area contributed by atoms with Gasteiger partial charge in [0, 0.05) is 42.0 Å². The Balaban J connectivity index is 1.90. The SMILES string of the molecule is O=C1CN(c2cc(-n3ccnc3)c3ccc(Cl)cc3n2)CCN1. The topological polar surface area (TPSA) is 63.1 Å². The zero-order chi connectivity index (χ0) is 15.8. The predicted octanol–water partition coefficient (Wildman–Crippen LogP) is 2.01. The Hall–Kier alpha value is -2.60. The number of nitrogens with one attached hydrogen (secondary N) is 1. The lowest BCUT2D eigenvalue weighted by atomic mass is 10.1. The Kier molecular flexibility index (Phi) is 3.38. The Labute approximate surface area is 137 Å². The summed E-state index contributed by atoms with van der Waals surface area (Å²) >= 11 is 6.12. The van der Waals surface area contributed by atoms with Gasteiger partial charge < -0.3 is 14.8 Å². The van der Waals surface area contributed by atoms with Crippen LogP contribution in [-0.2, 0) is 4.79 Å². The molecule has 1 aliphatic heterocycles. The highest BCUT2D eigenvalue weighted by molar-refractivity contribution is 6.31. The Morgan fingerprint density at radius 2 is 2.17 bits per heavy atom. The highest BCUT2D eigenvalue weighted by Gasteiger charge is 2.19. The van der Waals surface area contributed by atoms with Crippen molar-refractivity contribution in [1.82, 2.24) is 19.9 Å². The molecule has 6 nitrogen and oxygen atoms in total. The molecule has 3 aromatic rings. The van der Waals surface area contributed by atoms with E-state index in [-0.39, 0.29) is 5.91 Å². The van der Waals surface area contributed by atoms with Gasteiger partial charge in [-0.15, -0.1) is 0 Å². The molecule has 1 saturated heterocycles. The van der Waals surface area contributed by atoms with Crippen molar-refractivity contribution in [2.45, 2.75) is 0 Å². The van der Waals surface area contributed by atoms with Crippen LogP contribution in [0.2, 0.25) is 5.02 Å². The molecule has 7 heteroatoms. The summed E-state index contributed by atoms with van der Waals surface area (Å²) in [5.41, 5.74) is 1.76. The fourth-order valence-corrected chi connectivity index (χ4v) is 2.95. The van der Waals surface area contributed by atoms with E-state index < -0.39 is 0 Å². The van der Waals surface area contributed by atoms with E-state index in [1.165, 1.54) is 0 Å². The number of hydrogen-bond acceptors (Lipinski definition) is 4. The summed E-state index contributed by atoms with van der Waals surface area (Å²) in [5, 5.41) is 4.44. The fraction of sp³-hybridized carbons (Fsp3) is 0.188. The molecule has 2 aromatic heterocycles. The van der Waals surface area contributed by atoms with Gasteiger partial charge in [-0.25, -0.2) is 9.97 Å². The normalized spacial score (nSPS) is 15.0. The fourth-order valence-electron chi connectivity index (χ4n) is 2.78. The van der Waals surface area contributed by atoms with E-state index in [9.17, 15) is 4.79 Å². The third-order valence-corrected chi connectivity index (χ3v) is 4.12. The molecule has 1 N–H and O–H groups in total. The minimum absolute atomic E-state index is 0.00780. The summed E-state index contributed by atoms with van der Waals surface area (Å²) in [4.78, 5) is 22.4. The van der Waals surface area contributed by atoms with Crippen molar-refractivity contribution in [3.8, 4) is 5.69 Å². The first kappa shape index (κ1) is 14.0. The second kappa shape index (κ2) is 5.55. The number of fused-ring (bicyclic) bond motifs is 1. The number of hydrogen-bond donors (Lipinski definition) is 1. The van der Waals surface area contributed by atoms with Crippen molar-refractivity contribution in [2.24, 2.45) is 0 Å². The number of rotatable bonds is 2. The number of imidazole rings is 1. The maximum absolute atomic E-state index is 11.7. The van der Waals surface area contributed by atoms with Crippen LogP contribution in [-0.4, -0.2) is 40.1 Å². The number of carbonyl (C=O) groups excluding carboxylic acids is 1. The number of benzene rings is 1. The predicted molar refractivity (Wildman–Crippen MR) is 89.1 cm³/mol. The van der Waals surface area contributed by atoms with E-state index in [0.717, 1.165) is 29.0 Å². The van der Waals surface area contributed by atoms with Gasteiger partial charge in [-0.2, -0.15) is 0 Å². The van der Waals surface area contributed by atoms with Crippen LogP contribution in [0.3, 0.4) is 0 Å². The lowest BCUT2D eigenvalue weighted by Crippen LogP contribution is -2.48. The lowest BCUT2D eigenvalue weighted by Gasteiger charge is -2.28. The van der Waals surface area contributed by atoms with Crippen LogP contribution in [0.15, 0.2) is 43.0 Å². The van der Waals surface area contributed by atoms with Crippen LogP contribution in [0.4, 0.5) is 5.82 Å². The number of aromatic nitrogens is 3. The highest BCUT2D eigenvalue weighted by Crippen LogP contribution is 2.28. The second-order valence-electron chi connectivity index (χ2n) is 5.40. The second-order valence-corrected chi connectivity index (χ2v) is 5.84. The van der Waals surface area contributed by atoms with Gasteiger partial charge >= 0.3 is 0 Å². The Bertz CT molecular complexity index is 878. The minimum atomic E-state index is 0.00780. The molecule has 3 heterocycles. The van der Waals surface area contributed by atoms with Gasteiger partial charge in [0.25, 0.3) is 0 Å². The average molecular weight is 328 g/mol. The van der Waals surface area contributed by atoms with Crippen LogP contribution < -0.4 is 10.2 Å². The molecule has 1 fully saturated rings. The van der Waals surface area contributed by atoms with Crippen LogP contribution in [0.1, 0.15) is 0 Å². The highest BCUT2D eigenvalue weighted by atomic mass is 35.5. The molecule has 0 aliphatic carbocycles. The number of carbonyl (C=O) groups is 1. The molecule has 23 heavy (non-hydrogen) atoms. The quantitative estimate of drug-likeness (QED) is 0.782. The summed E-state index contributed by atoms with van der Waals surface area (Å²) in [6.07, 6.45) is 5.36. The van der Waals surface area contributed by atoms with Crippen LogP contribution in [0.5, 0.6) is 0 Å². The zero-order valence-corrected chi connectivity index (χ0v) is 13.0. The average Bonchev–Trinajstić information content (AvgIpc) is 3.07. The molecule has 1 aliphatic rings. The van der Waals surface area contributed by atoms with Crippen LogP contribution in [0.25, 0.3) is 16.6 Å². The van der Waals surface area contributed by atoms with E-state index in [4.69, 9.17) is 16.6 Å². The number of halogens is 1. The molecule has 0 spiro atoms. The molecule has 0 saturated carbocycles. The maximum Gasteiger partial charge on any atom is 0.239 e.